The first kappa shape index (κ1) is 18.3. The third kappa shape index (κ3) is 3.52. The monoisotopic (exact) mass is 409 g/mol. The van der Waals surface area contributed by atoms with Gasteiger partial charge in [0.2, 0.25) is 5.91 Å². The van der Waals surface area contributed by atoms with Crippen molar-refractivity contribution in [3.8, 4) is 0 Å². The number of amides is 1. The summed E-state index contributed by atoms with van der Waals surface area (Å²) in [5.41, 5.74) is 0.504. The SMILES string of the molecule is O=C(C=Cc1cccc(Cl)c1Cl)Nc1cc2c(ccc3ccccc32)oc1=O. The first-order valence-corrected chi connectivity index (χ1v) is 9.17. The number of carbonyl (C=O) groups excluding carboxylic acids is 1. The molecule has 0 aliphatic heterocycles. The molecule has 0 aliphatic rings. The first-order chi connectivity index (χ1) is 13.5. The van der Waals surface area contributed by atoms with E-state index in [1.54, 1.807) is 30.3 Å². The van der Waals surface area contributed by atoms with Crippen LogP contribution in [0.25, 0.3) is 27.8 Å². The smallest absolute Gasteiger partial charge is 0.360 e. The standard InChI is InChI=1S/C22H13Cl2NO3/c23-17-7-3-5-14(21(17)24)9-11-20(26)25-18-12-16-15-6-2-1-4-13(15)8-10-19(16)28-22(18)27/h1-12H,(H,25,26). The minimum absolute atomic E-state index is 0.0655. The number of benzene rings is 3. The summed E-state index contributed by atoms with van der Waals surface area (Å²) in [6.07, 6.45) is 2.81. The van der Waals surface area contributed by atoms with Crippen LogP contribution in [0.2, 0.25) is 10.0 Å². The van der Waals surface area contributed by atoms with Gasteiger partial charge in [0.25, 0.3) is 0 Å². The van der Waals surface area contributed by atoms with Crippen molar-refractivity contribution in [1.29, 1.82) is 0 Å². The van der Waals surface area contributed by atoms with Gasteiger partial charge in [-0.05, 0) is 40.6 Å². The normalized spacial score (nSPS) is 11.4. The lowest BCUT2D eigenvalue weighted by atomic mass is 10.1. The Kier molecular flexibility index (Phi) is 4.90. The summed E-state index contributed by atoms with van der Waals surface area (Å²) in [4.78, 5) is 24.5. The van der Waals surface area contributed by atoms with Gasteiger partial charge in [0.15, 0.2) is 0 Å². The fraction of sp³-hybridized carbons (Fsp3) is 0. The molecule has 0 saturated heterocycles. The van der Waals surface area contributed by atoms with E-state index in [-0.39, 0.29) is 5.69 Å². The predicted molar refractivity (Wildman–Crippen MR) is 114 cm³/mol. The van der Waals surface area contributed by atoms with Crippen LogP contribution in [0.1, 0.15) is 5.56 Å². The Bertz CT molecular complexity index is 1310. The Morgan fingerprint density at radius 1 is 0.964 bits per heavy atom. The molecule has 1 N–H and O–H groups in total. The predicted octanol–water partition coefficient (Wildman–Crippen LogP) is 5.90. The summed E-state index contributed by atoms with van der Waals surface area (Å²) in [7, 11) is 0. The van der Waals surface area contributed by atoms with Gasteiger partial charge in [-0.15, -0.1) is 0 Å². The maximum Gasteiger partial charge on any atom is 0.360 e. The molecule has 3 aromatic carbocycles. The van der Waals surface area contributed by atoms with Crippen LogP contribution in [0, 0.1) is 0 Å². The first-order valence-electron chi connectivity index (χ1n) is 8.41. The Balaban J connectivity index is 1.67. The molecule has 4 aromatic rings. The molecule has 138 valence electrons. The van der Waals surface area contributed by atoms with E-state index in [1.165, 1.54) is 12.2 Å². The van der Waals surface area contributed by atoms with Crippen LogP contribution in [0.4, 0.5) is 5.69 Å². The molecule has 0 bridgehead atoms. The molecule has 0 atom stereocenters. The highest BCUT2D eigenvalue weighted by molar-refractivity contribution is 6.42. The zero-order valence-electron chi connectivity index (χ0n) is 14.4. The molecule has 0 fully saturated rings. The van der Waals surface area contributed by atoms with Crippen LogP contribution in [0.5, 0.6) is 0 Å². The van der Waals surface area contributed by atoms with E-state index in [1.807, 2.05) is 30.3 Å². The van der Waals surface area contributed by atoms with Crippen LogP contribution < -0.4 is 10.9 Å². The molecule has 1 amide bonds. The molecule has 0 spiro atoms. The summed E-state index contributed by atoms with van der Waals surface area (Å²) >= 11 is 12.1. The second-order valence-electron chi connectivity index (χ2n) is 6.11. The lowest BCUT2D eigenvalue weighted by Gasteiger charge is -2.06. The van der Waals surface area contributed by atoms with Crippen molar-refractivity contribution in [2.75, 3.05) is 5.32 Å². The third-order valence-electron chi connectivity index (χ3n) is 4.30. The number of nitrogens with one attached hydrogen (secondary N) is 1. The topological polar surface area (TPSA) is 59.3 Å². The Morgan fingerprint density at radius 3 is 2.64 bits per heavy atom. The van der Waals surface area contributed by atoms with Crippen molar-refractivity contribution in [3.05, 3.63) is 92.8 Å². The lowest BCUT2D eigenvalue weighted by Crippen LogP contribution is -2.15. The van der Waals surface area contributed by atoms with Gasteiger partial charge in [0.1, 0.15) is 11.3 Å². The zero-order valence-corrected chi connectivity index (χ0v) is 15.9. The van der Waals surface area contributed by atoms with E-state index in [0.717, 1.165) is 16.2 Å². The molecule has 0 radical (unpaired) electrons. The largest absolute Gasteiger partial charge is 0.421 e. The van der Waals surface area contributed by atoms with E-state index in [2.05, 4.69) is 5.32 Å². The third-order valence-corrected chi connectivity index (χ3v) is 5.13. The van der Waals surface area contributed by atoms with E-state index in [4.69, 9.17) is 27.6 Å². The van der Waals surface area contributed by atoms with Crippen molar-refractivity contribution < 1.29 is 9.21 Å². The van der Waals surface area contributed by atoms with Crippen molar-refractivity contribution in [2.24, 2.45) is 0 Å². The average Bonchev–Trinajstić information content (AvgIpc) is 2.69. The molecule has 0 unspecified atom stereocenters. The maximum absolute atomic E-state index is 12.3. The van der Waals surface area contributed by atoms with E-state index in [0.29, 0.717) is 21.2 Å². The number of hydrogen-bond donors (Lipinski definition) is 1. The summed E-state index contributed by atoms with van der Waals surface area (Å²) in [6.45, 7) is 0. The van der Waals surface area contributed by atoms with E-state index >= 15 is 0 Å². The second-order valence-corrected chi connectivity index (χ2v) is 6.90. The fourth-order valence-corrected chi connectivity index (χ4v) is 3.32. The lowest BCUT2D eigenvalue weighted by molar-refractivity contribution is -0.111. The molecule has 1 aromatic heterocycles. The number of halogens is 2. The second kappa shape index (κ2) is 7.50. The van der Waals surface area contributed by atoms with Crippen LogP contribution in [0.3, 0.4) is 0 Å². The molecule has 4 nitrogen and oxygen atoms in total. The molecule has 6 heteroatoms. The quantitative estimate of drug-likeness (QED) is 0.260. The van der Waals surface area contributed by atoms with Gasteiger partial charge < -0.3 is 9.73 Å². The number of hydrogen-bond acceptors (Lipinski definition) is 3. The minimum atomic E-state index is -0.620. The Hall–Kier alpha value is -3.08. The number of anilines is 1. The van der Waals surface area contributed by atoms with E-state index in [9.17, 15) is 9.59 Å². The van der Waals surface area contributed by atoms with Gasteiger partial charge >= 0.3 is 5.63 Å². The van der Waals surface area contributed by atoms with Crippen LogP contribution in [-0.2, 0) is 4.79 Å². The molecular weight excluding hydrogens is 397 g/mol. The van der Waals surface area contributed by atoms with Crippen LogP contribution in [0.15, 0.2) is 76.0 Å². The molecule has 4 rings (SSSR count). The fourth-order valence-electron chi connectivity index (χ4n) is 2.95. The summed E-state index contributed by atoms with van der Waals surface area (Å²) in [6, 6.07) is 18.1. The summed E-state index contributed by atoms with van der Waals surface area (Å²) < 4.78 is 5.37. The zero-order chi connectivity index (χ0) is 19.7. The Morgan fingerprint density at radius 2 is 1.79 bits per heavy atom. The highest BCUT2D eigenvalue weighted by Gasteiger charge is 2.10. The van der Waals surface area contributed by atoms with Crippen molar-refractivity contribution in [2.45, 2.75) is 0 Å². The van der Waals surface area contributed by atoms with Gasteiger partial charge in [-0.2, -0.15) is 0 Å². The van der Waals surface area contributed by atoms with Crippen LogP contribution in [-0.4, -0.2) is 5.91 Å². The highest BCUT2D eigenvalue weighted by atomic mass is 35.5. The van der Waals surface area contributed by atoms with E-state index < -0.39 is 11.5 Å². The van der Waals surface area contributed by atoms with Gasteiger partial charge in [-0.1, -0.05) is 65.7 Å². The molecule has 28 heavy (non-hydrogen) atoms. The van der Waals surface area contributed by atoms with Crippen molar-refractivity contribution in [3.63, 3.8) is 0 Å². The number of carbonyl (C=O) groups is 1. The highest BCUT2D eigenvalue weighted by Crippen LogP contribution is 2.27. The molecule has 0 saturated carbocycles. The van der Waals surface area contributed by atoms with Gasteiger partial charge in [-0.25, -0.2) is 4.79 Å². The maximum atomic E-state index is 12.3. The number of rotatable bonds is 3. The molecular formula is C22H13Cl2NO3. The Labute approximate surface area is 170 Å². The van der Waals surface area contributed by atoms with Crippen molar-refractivity contribution >= 4 is 62.6 Å². The minimum Gasteiger partial charge on any atom is -0.421 e. The van der Waals surface area contributed by atoms with Crippen LogP contribution >= 0.6 is 23.2 Å². The molecule has 1 heterocycles. The summed E-state index contributed by atoms with van der Waals surface area (Å²) in [5, 5.41) is 6.00. The average molecular weight is 410 g/mol. The van der Waals surface area contributed by atoms with Gasteiger partial charge in [0.05, 0.1) is 10.0 Å². The van der Waals surface area contributed by atoms with Gasteiger partial charge in [0, 0.05) is 11.5 Å². The van der Waals surface area contributed by atoms with Crippen molar-refractivity contribution in [1.82, 2.24) is 0 Å². The van der Waals surface area contributed by atoms with Gasteiger partial charge in [-0.3, -0.25) is 4.79 Å². The number of fused-ring (bicyclic) bond motifs is 3. The summed E-state index contributed by atoms with van der Waals surface area (Å²) in [5.74, 6) is -0.483. The molecule has 0 aliphatic carbocycles.